The highest BCUT2D eigenvalue weighted by atomic mass is 16.4. The molecule has 1 fully saturated rings. The summed E-state index contributed by atoms with van der Waals surface area (Å²) in [5.74, 6) is 1.77. The van der Waals surface area contributed by atoms with Gasteiger partial charge in [-0.3, -0.25) is 4.90 Å². The molecule has 2 unspecified atom stereocenters. The topological polar surface area (TPSA) is 62.4 Å². The van der Waals surface area contributed by atoms with Gasteiger partial charge >= 0.3 is 0 Å². The van der Waals surface area contributed by atoms with Crippen LogP contribution >= 0.6 is 0 Å². The molecule has 0 aromatic carbocycles. The Morgan fingerprint density at radius 3 is 2.94 bits per heavy atom. The number of nitrogens with zero attached hydrogens (tertiary/aromatic N) is 3. The minimum atomic E-state index is 0.203. The van der Waals surface area contributed by atoms with E-state index in [2.05, 4.69) is 22.0 Å². The van der Waals surface area contributed by atoms with Crippen LogP contribution in [0.2, 0.25) is 0 Å². The zero-order chi connectivity index (χ0) is 11.5. The van der Waals surface area contributed by atoms with Gasteiger partial charge < -0.3 is 9.52 Å². The molecule has 16 heavy (non-hydrogen) atoms. The third kappa shape index (κ3) is 2.41. The van der Waals surface area contributed by atoms with Crippen LogP contribution in [0.4, 0.5) is 0 Å². The fourth-order valence-electron chi connectivity index (χ4n) is 2.40. The molecular formula is C11H19N3O2. The van der Waals surface area contributed by atoms with E-state index in [1.807, 2.05) is 0 Å². The maximum Gasteiger partial charge on any atom is 0.230 e. The standard InChI is InChI=1S/C11H19N3O2/c1-8-4-3-5-14(10(8)7-15)6-11-13-12-9(2)16-11/h8,10,15H,3-7H2,1-2H3. The highest BCUT2D eigenvalue weighted by Crippen LogP contribution is 2.24. The molecule has 1 saturated heterocycles. The summed E-state index contributed by atoms with van der Waals surface area (Å²) in [6.07, 6.45) is 2.36. The molecule has 2 rings (SSSR count). The van der Waals surface area contributed by atoms with Gasteiger partial charge in [0, 0.05) is 13.0 Å². The van der Waals surface area contributed by atoms with Gasteiger partial charge in [-0.1, -0.05) is 6.92 Å². The van der Waals surface area contributed by atoms with Crippen molar-refractivity contribution in [1.82, 2.24) is 15.1 Å². The van der Waals surface area contributed by atoms with Gasteiger partial charge in [-0.25, -0.2) is 0 Å². The van der Waals surface area contributed by atoms with Crippen LogP contribution in [-0.4, -0.2) is 39.4 Å². The molecule has 1 aliphatic heterocycles. The van der Waals surface area contributed by atoms with E-state index in [0.29, 0.717) is 24.2 Å². The quantitative estimate of drug-likeness (QED) is 0.830. The predicted octanol–water partition coefficient (Wildman–Crippen LogP) is 0.971. The van der Waals surface area contributed by atoms with E-state index in [0.717, 1.165) is 6.54 Å². The highest BCUT2D eigenvalue weighted by Gasteiger charge is 2.28. The van der Waals surface area contributed by atoms with E-state index in [1.54, 1.807) is 6.92 Å². The number of rotatable bonds is 3. The van der Waals surface area contributed by atoms with Crippen molar-refractivity contribution in [2.45, 2.75) is 39.3 Å². The number of aromatic nitrogens is 2. The molecule has 1 N–H and O–H groups in total. The molecule has 90 valence electrons. The molecule has 0 aliphatic carbocycles. The first-order chi connectivity index (χ1) is 7.70. The summed E-state index contributed by atoms with van der Waals surface area (Å²) in [5.41, 5.74) is 0. The lowest BCUT2D eigenvalue weighted by molar-refractivity contribution is 0.0412. The second kappa shape index (κ2) is 4.93. The van der Waals surface area contributed by atoms with Crippen molar-refractivity contribution < 1.29 is 9.52 Å². The average molecular weight is 225 g/mol. The summed E-state index contributed by atoms with van der Waals surface area (Å²) in [6, 6.07) is 0.223. The van der Waals surface area contributed by atoms with Gasteiger partial charge in [0.05, 0.1) is 13.2 Å². The Bertz CT molecular complexity index is 340. The molecule has 2 heterocycles. The fraction of sp³-hybridized carbons (Fsp3) is 0.818. The second-order valence-corrected chi connectivity index (χ2v) is 4.55. The average Bonchev–Trinajstić information content (AvgIpc) is 2.64. The lowest BCUT2D eigenvalue weighted by Gasteiger charge is -2.38. The molecule has 0 bridgehead atoms. The van der Waals surface area contributed by atoms with Gasteiger partial charge in [-0.15, -0.1) is 10.2 Å². The Hall–Kier alpha value is -0.940. The van der Waals surface area contributed by atoms with Gasteiger partial charge in [0.15, 0.2) is 0 Å². The van der Waals surface area contributed by atoms with E-state index >= 15 is 0 Å². The van der Waals surface area contributed by atoms with Crippen LogP contribution in [0.1, 0.15) is 31.5 Å². The highest BCUT2D eigenvalue weighted by molar-refractivity contribution is 4.86. The maximum atomic E-state index is 9.41. The second-order valence-electron chi connectivity index (χ2n) is 4.55. The molecule has 5 nitrogen and oxygen atoms in total. The zero-order valence-corrected chi connectivity index (χ0v) is 9.89. The largest absolute Gasteiger partial charge is 0.424 e. The maximum absolute atomic E-state index is 9.41. The van der Waals surface area contributed by atoms with Crippen molar-refractivity contribution in [2.75, 3.05) is 13.2 Å². The summed E-state index contributed by atoms with van der Waals surface area (Å²) in [5, 5.41) is 17.2. The Kier molecular flexibility index (Phi) is 3.56. The first-order valence-corrected chi connectivity index (χ1v) is 5.84. The van der Waals surface area contributed by atoms with Crippen molar-refractivity contribution in [2.24, 2.45) is 5.92 Å². The van der Waals surface area contributed by atoms with Gasteiger partial charge in [0.2, 0.25) is 11.8 Å². The number of hydrogen-bond acceptors (Lipinski definition) is 5. The van der Waals surface area contributed by atoms with Crippen molar-refractivity contribution in [3.8, 4) is 0 Å². The third-order valence-electron chi connectivity index (χ3n) is 3.32. The van der Waals surface area contributed by atoms with Crippen molar-refractivity contribution >= 4 is 0 Å². The van der Waals surface area contributed by atoms with Crippen molar-refractivity contribution in [3.05, 3.63) is 11.8 Å². The van der Waals surface area contributed by atoms with E-state index < -0.39 is 0 Å². The molecule has 0 saturated carbocycles. The zero-order valence-electron chi connectivity index (χ0n) is 9.89. The summed E-state index contributed by atoms with van der Waals surface area (Å²) in [4.78, 5) is 2.24. The lowest BCUT2D eigenvalue weighted by Crippen LogP contribution is -2.46. The summed E-state index contributed by atoms with van der Waals surface area (Å²) in [6.45, 7) is 5.83. The Morgan fingerprint density at radius 2 is 2.31 bits per heavy atom. The SMILES string of the molecule is Cc1nnc(CN2CCCC(C)C2CO)o1. The van der Waals surface area contributed by atoms with Gasteiger partial charge in [0.25, 0.3) is 0 Å². The van der Waals surface area contributed by atoms with Crippen molar-refractivity contribution in [3.63, 3.8) is 0 Å². The molecule has 1 aromatic heterocycles. The van der Waals surface area contributed by atoms with Gasteiger partial charge in [0.1, 0.15) is 0 Å². The molecule has 2 atom stereocenters. The summed E-state index contributed by atoms with van der Waals surface area (Å²) < 4.78 is 5.37. The first-order valence-electron chi connectivity index (χ1n) is 5.84. The van der Waals surface area contributed by atoms with Crippen LogP contribution in [-0.2, 0) is 6.54 Å². The molecule has 0 amide bonds. The number of hydrogen-bond donors (Lipinski definition) is 1. The van der Waals surface area contributed by atoms with Crippen LogP contribution in [0.15, 0.2) is 4.42 Å². The number of likely N-dealkylation sites (tertiary alicyclic amines) is 1. The van der Waals surface area contributed by atoms with Crippen molar-refractivity contribution in [1.29, 1.82) is 0 Å². The van der Waals surface area contributed by atoms with Crippen LogP contribution in [0, 0.1) is 12.8 Å². The van der Waals surface area contributed by atoms with E-state index in [9.17, 15) is 5.11 Å². The molecule has 0 spiro atoms. The number of piperidine rings is 1. The summed E-state index contributed by atoms with van der Waals surface area (Å²) in [7, 11) is 0. The minimum Gasteiger partial charge on any atom is -0.424 e. The fourth-order valence-corrected chi connectivity index (χ4v) is 2.40. The smallest absolute Gasteiger partial charge is 0.230 e. The Morgan fingerprint density at radius 1 is 1.50 bits per heavy atom. The van der Waals surface area contributed by atoms with Crippen LogP contribution in [0.25, 0.3) is 0 Å². The molecule has 5 heteroatoms. The molecular weight excluding hydrogens is 206 g/mol. The monoisotopic (exact) mass is 225 g/mol. The van der Waals surface area contributed by atoms with E-state index in [-0.39, 0.29) is 12.6 Å². The summed E-state index contributed by atoms with van der Waals surface area (Å²) >= 11 is 0. The number of aryl methyl sites for hydroxylation is 1. The van der Waals surface area contributed by atoms with Crippen LogP contribution < -0.4 is 0 Å². The van der Waals surface area contributed by atoms with E-state index in [4.69, 9.17) is 4.42 Å². The van der Waals surface area contributed by atoms with Crippen LogP contribution in [0.5, 0.6) is 0 Å². The van der Waals surface area contributed by atoms with Gasteiger partial charge in [-0.2, -0.15) is 0 Å². The predicted molar refractivity (Wildman–Crippen MR) is 58.7 cm³/mol. The number of aliphatic hydroxyl groups excluding tert-OH is 1. The third-order valence-corrected chi connectivity index (χ3v) is 3.32. The lowest BCUT2D eigenvalue weighted by atomic mass is 9.91. The molecule has 1 aromatic rings. The molecule has 1 aliphatic rings. The Balaban J connectivity index is 2.02. The number of aliphatic hydroxyl groups is 1. The Labute approximate surface area is 95.5 Å². The van der Waals surface area contributed by atoms with Gasteiger partial charge in [-0.05, 0) is 25.3 Å². The molecule has 0 radical (unpaired) electrons. The van der Waals surface area contributed by atoms with Crippen LogP contribution in [0.3, 0.4) is 0 Å². The minimum absolute atomic E-state index is 0.203. The van der Waals surface area contributed by atoms with E-state index in [1.165, 1.54) is 12.8 Å². The first kappa shape index (κ1) is 11.5. The normalized spacial score (nSPS) is 27.2.